The number of rotatable bonds is 3. The van der Waals surface area contributed by atoms with Crippen LogP contribution in [-0.2, 0) is 10.2 Å². The number of hydrogen-bond acceptors (Lipinski definition) is 3. The Labute approximate surface area is 156 Å². The van der Waals surface area contributed by atoms with E-state index in [1.807, 2.05) is 6.07 Å². The highest BCUT2D eigenvalue weighted by Crippen LogP contribution is 2.67. The van der Waals surface area contributed by atoms with Gasteiger partial charge < -0.3 is 4.84 Å². The van der Waals surface area contributed by atoms with E-state index >= 15 is 0 Å². The van der Waals surface area contributed by atoms with Crippen molar-refractivity contribution >= 4 is 18.2 Å². The van der Waals surface area contributed by atoms with Crippen LogP contribution in [0.3, 0.4) is 0 Å². The Balaban J connectivity index is 1.44. The standard InChI is InChI=1S/C22H17NO2S/c24-21(25-23-12-6-5-11-20(23)26)13-15-14-22(15)18-9-3-1-7-16(18)17-8-2-4-10-19(17)22/h1-12,15H,13-14H2. The molecule has 3 aromatic rings. The van der Waals surface area contributed by atoms with Crippen LogP contribution >= 0.6 is 12.2 Å². The second kappa shape index (κ2) is 5.64. The van der Waals surface area contributed by atoms with Crippen LogP contribution in [0.15, 0.2) is 72.9 Å². The van der Waals surface area contributed by atoms with Crippen molar-refractivity contribution in [2.45, 2.75) is 18.3 Å². The van der Waals surface area contributed by atoms with Gasteiger partial charge in [-0.25, -0.2) is 4.79 Å². The van der Waals surface area contributed by atoms with Crippen LogP contribution in [0.25, 0.3) is 11.1 Å². The van der Waals surface area contributed by atoms with Gasteiger partial charge in [-0.2, -0.15) is 4.73 Å². The molecule has 2 aliphatic carbocycles. The van der Waals surface area contributed by atoms with E-state index in [1.54, 1.807) is 18.3 Å². The lowest BCUT2D eigenvalue weighted by molar-refractivity contribution is -0.144. The molecule has 0 N–H and O–H groups in total. The summed E-state index contributed by atoms with van der Waals surface area (Å²) in [5, 5.41) is 0. The maximum absolute atomic E-state index is 12.5. The summed E-state index contributed by atoms with van der Waals surface area (Å²) >= 11 is 5.19. The molecule has 1 unspecified atom stereocenters. The molecule has 26 heavy (non-hydrogen) atoms. The minimum absolute atomic E-state index is 0.0373. The molecule has 0 saturated heterocycles. The smallest absolute Gasteiger partial charge is 0.333 e. The van der Waals surface area contributed by atoms with E-state index in [0.717, 1.165) is 6.42 Å². The number of pyridine rings is 1. The highest BCUT2D eigenvalue weighted by atomic mass is 32.1. The molecule has 1 fully saturated rings. The summed E-state index contributed by atoms with van der Waals surface area (Å²) in [5.74, 6) is 0.0220. The zero-order valence-corrected chi connectivity index (χ0v) is 14.9. The molecule has 1 spiro atoms. The molecule has 0 radical (unpaired) electrons. The summed E-state index contributed by atoms with van der Waals surface area (Å²) in [4.78, 5) is 17.9. The molecule has 0 amide bonds. The molecular formula is C22H17NO2S. The first kappa shape index (κ1) is 15.5. The summed E-state index contributed by atoms with van der Waals surface area (Å²) in [7, 11) is 0. The zero-order valence-electron chi connectivity index (χ0n) is 14.1. The first-order valence-electron chi connectivity index (χ1n) is 8.78. The lowest BCUT2D eigenvalue weighted by Crippen LogP contribution is -2.22. The van der Waals surface area contributed by atoms with E-state index in [-0.39, 0.29) is 17.3 Å². The van der Waals surface area contributed by atoms with Gasteiger partial charge in [0, 0.05) is 11.6 Å². The Morgan fingerprint density at radius 2 is 1.62 bits per heavy atom. The summed E-state index contributed by atoms with van der Waals surface area (Å²) in [6.07, 6.45) is 3.04. The quantitative estimate of drug-likeness (QED) is 0.643. The van der Waals surface area contributed by atoms with Gasteiger partial charge in [-0.05, 0) is 46.7 Å². The van der Waals surface area contributed by atoms with E-state index in [2.05, 4.69) is 48.5 Å². The maximum Gasteiger partial charge on any atom is 0.333 e. The lowest BCUT2D eigenvalue weighted by Gasteiger charge is -2.14. The number of carbonyl (C=O) groups excluding carboxylic acids is 1. The van der Waals surface area contributed by atoms with Gasteiger partial charge in [0.05, 0.1) is 6.42 Å². The summed E-state index contributed by atoms with van der Waals surface area (Å²) < 4.78 is 1.85. The van der Waals surface area contributed by atoms with Crippen molar-refractivity contribution in [1.82, 2.24) is 4.73 Å². The minimum Gasteiger partial charge on any atom is -0.336 e. The number of hydrogen-bond donors (Lipinski definition) is 0. The Morgan fingerprint density at radius 1 is 1.00 bits per heavy atom. The first-order chi connectivity index (χ1) is 12.7. The molecule has 0 bridgehead atoms. The number of carbonyl (C=O) groups is 1. The number of benzene rings is 2. The molecule has 2 aromatic carbocycles. The van der Waals surface area contributed by atoms with Crippen LogP contribution in [0, 0.1) is 10.6 Å². The van der Waals surface area contributed by atoms with Crippen LogP contribution in [0.2, 0.25) is 0 Å². The van der Waals surface area contributed by atoms with E-state index in [4.69, 9.17) is 17.1 Å². The molecule has 4 heteroatoms. The number of fused-ring (bicyclic) bond motifs is 5. The van der Waals surface area contributed by atoms with Crippen LogP contribution in [0.5, 0.6) is 0 Å². The minimum atomic E-state index is -0.240. The number of aromatic nitrogens is 1. The fourth-order valence-corrected chi connectivity index (χ4v) is 4.61. The molecule has 5 rings (SSSR count). The Bertz CT molecular complexity index is 1040. The lowest BCUT2D eigenvalue weighted by atomic mass is 9.90. The normalized spacial score (nSPS) is 18.2. The van der Waals surface area contributed by atoms with Crippen LogP contribution in [0.4, 0.5) is 0 Å². The first-order valence-corrected chi connectivity index (χ1v) is 9.19. The van der Waals surface area contributed by atoms with Gasteiger partial charge in [0.2, 0.25) is 0 Å². The molecule has 1 saturated carbocycles. The average molecular weight is 359 g/mol. The molecule has 128 valence electrons. The van der Waals surface area contributed by atoms with Crippen molar-refractivity contribution in [2.24, 2.45) is 5.92 Å². The van der Waals surface area contributed by atoms with Gasteiger partial charge >= 0.3 is 5.97 Å². The van der Waals surface area contributed by atoms with Gasteiger partial charge in [0.25, 0.3) is 0 Å². The maximum atomic E-state index is 12.5. The molecule has 1 atom stereocenters. The molecule has 3 nitrogen and oxygen atoms in total. The van der Waals surface area contributed by atoms with E-state index in [1.165, 1.54) is 27.0 Å². The second-order valence-corrected chi connectivity index (χ2v) is 7.41. The van der Waals surface area contributed by atoms with Gasteiger partial charge in [0.1, 0.15) is 4.64 Å². The Kier molecular flexibility index (Phi) is 3.37. The van der Waals surface area contributed by atoms with E-state index in [0.29, 0.717) is 11.1 Å². The average Bonchev–Trinajstić information content (AvgIpc) is 3.30. The largest absolute Gasteiger partial charge is 0.336 e. The highest BCUT2D eigenvalue weighted by Gasteiger charge is 2.61. The zero-order chi connectivity index (χ0) is 17.7. The predicted octanol–water partition coefficient (Wildman–Crippen LogP) is 4.55. The van der Waals surface area contributed by atoms with Crippen molar-refractivity contribution in [3.63, 3.8) is 0 Å². The Morgan fingerprint density at radius 3 is 2.27 bits per heavy atom. The van der Waals surface area contributed by atoms with E-state index < -0.39 is 0 Å². The molecule has 2 aliphatic rings. The fraction of sp³-hybridized carbons (Fsp3) is 0.182. The molecule has 1 aromatic heterocycles. The van der Waals surface area contributed by atoms with Crippen molar-refractivity contribution in [1.29, 1.82) is 0 Å². The fourth-order valence-electron chi connectivity index (χ4n) is 4.43. The summed E-state index contributed by atoms with van der Waals surface area (Å²) in [6.45, 7) is 0. The summed E-state index contributed by atoms with van der Waals surface area (Å²) in [5.41, 5.74) is 5.24. The predicted molar refractivity (Wildman–Crippen MR) is 102 cm³/mol. The van der Waals surface area contributed by atoms with E-state index in [9.17, 15) is 4.79 Å². The molecular weight excluding hydrogens is 342 g/mol. The van der Waals surface area contributed by atoms with Crippen molar-refractivity contribution in [3.8, 4) is 11.1 Å². The highest BCUT2D eigenvalue weighted by molar-refractivity contribution is 7.71. The third kappa shape index (κ3) is 2.19. The van der Waals surface area contributed by atoms with Crippen LogP contribution in [0.1, 0.15) is 24.0 Å². The van der Waals surface area contributed by atoms with Gasteiger partial charge in [-0.3, -0.25) is 0 Å². The number of nitrogens with zero attached hydrogens (tertiary/aromatic N) is 1. The van der Waals surface area contributed by atoms with Gasteiger partial charge in [-0.1, -0.05) is 66.8 Å². The molecule has 1 heterocycles. The monoisotopic (exact) mass is 359 g/mol. The van der Waals surface area contributed by atoms with Crippen molar-refractivity contribution < 1.29 is 9.63 Å². The van der Waals surface area contributed by atoms with Crippen molar-refractivity contribution in [2.75, 3.05) is 0 Å². The van der Waals surface area contributed by atoms with Crippen LogP contribution < -0.4 is 4.84 Å². The molecule has 0 aliphatic heterocycles. The van der Waals surface area contributed by atoms with Gasteiger partial charge in [0.15, 0.2) is 0 Å². The van der Waals surface area contributed by atoms with Crippen molar-refractivity contribution in [3.05, 3.63) is 88.7 Å². The SMILES string of the molecule is O=C(CC1CC12c1ccccc1-c1ccccc12)On1ccccc1=S. The van der Waals surface area contributed by atoms with Crippen LogP contribution in [-0.4, -0.2) is 10.7 Å². The third-order valence-electron chi connectivity index (χ3n) is 5.61. The topological polar surface area (TPSA) is 31.2 Å². The Hall–Kier alpha value is -2.72. The third-order valence-corrected chi connectivity index (χ3v) is 5.93. The summed E-state index contributed by atoms with van der Waals surface area (Å²) in [6, 6.07) is 22.5. The second-order valence-electron chi connectivity index (χ2n) is 7.00. The van der Waals surface area contributed by atoms with Gasteiger partial charge in [-0.15, -0.1) is 0 Å².